The largest absolute Gasteiger partial charge is 0.325 e. The summed E-state index contributed by atoms with van der Waals surface area (Å²) in [6.07, 6.45) is 0.273. The van der Waals surface area contributed by atoms with Crippen molar-refractivity contribution in [3.05, 3.63) is 58.1 Å². The summed E-state index contributed by atoms with van der Waals surface area (Å²) in [7, 11) is -2.69. The van der Waals surface area contributed by atoms with E-state index < -0.39 is 22.5 Å². The van der Waals surface area contributed by atoms with E-state index in [4.69, 9.17) is 28.5 Å². The minimum atomic E-state index is -3.97. The van der Waals surface area contributed by atoms with Crippen molar-refractivity contribution in [3.63, 3.8) is 0 Å². The molecule has 0 heterocycles. The third-order valence-corrected chi connectivity index (χ3v) is 5.99. The van der Waals surface area contributed by atoms with Crippen molar-refractivity contribution in [3.8, 4) is 6.07 Å². The molecule has 6 nitrogen and oxygen atoms in total. The predicted molar refractivity (Wildman–Crippen MR) is 101 cm³/mol. The van der Waals surface area contributed by atoms with Gasteiger partial charge in [0.2, 0.25) is 15.9 Å². The molecular weight excluding hydrogens is 397 g/mol. The number of nitrogens with one attached hydrogen (secondary N) is 1. The molecule has 0 fully saturated rings. The molecule has 1 amide bonds. The number of nitrogens with zero attached hydrogens (tertiary/aromatic N) is 2. The van der Waals surface area contributed by atoms with Crippen molar-refractivity contribution < 1.29 is 13.2 Å². The van der Waals surface area contributed by atoms with E-state index >= 15 is 0 Å². The first-order valence-electron chi connectivity index (χ1n) is 7.41. The van der Waals surface area contributed by atoms with E-state index in [1.165, 1.54) is 25.2 Å². The van der Waals surface area contributed by atoms with Crippen LogP contribution in [0.25, 0.3) is 0 Å². The van der Waals surface area contributed by atoms with Gasteiger partial charge in [0, 0.05) is 17.8 Å². The number of likely N-dealkylation sites (N-methyl/N-ethyl adjacent to an activating group) is 1. The molecule has 0 aromatic heterocycles. The average Bonchev–Trinajstić information content (AvgIpc) is 2.58. The van der Waals surface area contributed by atoms with Gasteiger partial charge < -0.3 is 5.32 Å². The van der Waals surface area contributed by atoms with Crippen LogP contribution in [0.3, 0.4) is 0 Å². The van der Waals surface area contributed by atoms with Gasteiger partial charge in [0.15, 0.2) is 0 Å². The van der Waals surface area contributed by atoms with Crippen LogP contribution in [-0.2, 0) is 21.2 Å². The van der Waals surface area contributed by atoms with Crippen LogP contribution >= 0.6 is 23.2 Å². The summed E-state index contributed by atoms with van der Waals surface area (Å²) < 4.78 is 26.1. The van der Waals surface area contributed by atoms with Crippen molar-refractivity contribution in [1.29, 1.82) is 5.26 Å². The summed E-state index contributed by atoms with van der Waals surface area (Å²) in [5, 5.41) is 11.5. The SMILES string of the molecule is CN(CC(=O)Nc1ccc(CC#N)cc1)S(=O)(=O)c1cc(Cl)ccc1Cl. The second kappa shape index (κ2) is 8.52. The Kier molecular flexibility index (Phi) is 6.62. The van der Waals surface area contributed by atoms with E-state index in [0.717, 1.165) is 9.87 Å². The van der Waals surface area contributed by atoms with Crippen LogP contribution in [0.1, 0.15) is 5.56 Å². The fourth-order valence-electron chi connectivity index (χ4n) is 2.13. The van der Waals surface area contributed by atoms with E-state index in [-0.39, 0.29) is 21.4 Å². The van der Waals surface area contributed by atoms with Gasteiger partial charge in [-0.25, -0.2) is 8.42 Å². The summed E-state index contributed by atoms with van der Waals surface area (Å²) >= 11 is 11.8. The number of nitriles is 1. The normalized spacial score (nSPS) is 11.2. The number of hydrogen-bond acceptors (Lipinski definition) is 4. The predicted octanol–water partition coefficient (Wildman–Crippen LogP) is 3.32. The molecule has 0 saturated carbocycles. The van der Waals surface area contributed by atoms with Gasteiger partial charge in [-0.1, -0.05) is 35.3 Å². The lowest BCUT2D eigenvalue weighted by atomic mass is 10.1. The van der Waals surface area contributed by atoms with Crippen molar-refractivity contribution in [2.24, 2.45) is 0 Å². The second-order valence-electron chi connectivity index (χ2n) is 5.42. The zero-order valence-electron chi connectivity index (χ0n) is 13.7. The van der Waals surface area contributed by atoms with Gasteiger partial charge in [0.1, 0.15) is 4.90 Å². The van der Waals surface area contributed by atoms with Gasteiger partial charge in [-0.15, -0.1) is 0 Å². The maximum absolute atomic E-state index is 12.6. The molecule has 2 aromatic rings. The molecule has 9 heteroatoms. The topological polar surface area (TPSA) is 90.3 Å². The Balaban J connectivity index is 2.08. The monoisotopic (exact) mass is 411 g/mol. The first kappa shape index (κ1) is 20.2. The first-order chi connectivity index (χ1) is 12.2. The minimum Gasteiger partial charge on any atom is -0.325 e. The Morgan fingerprint density at radius 2 is 1.85 bits per heavy atom. The van der Waals surface area contributed by atoms with E-state index in [1.54, 1.807) is 24.3 Å². The van der Waals surface area contributed by atoms with E-state index in [0.29, 0.717) is 5.69 Å². The number of anilines is 1. The van der Waals surface area contributed by atoms with Gasteiger partial charge in [-0.3, -0.25) is 4.79 Å². The number of benzene rings is 2. The third kappa shape index (κ3) is 4.96. The van der Waals surface area contributed by atoms with Gasteiger partial charge in [-0.05, 0) is 35.9 Å². The molecule has 0 aliphatic carbocycles. The summed E-state index contributed by atoms with van der Waals surface area (Å²) in [5.41, 5.74) is 1.32. The molecule has 0 aliphatic rings. The van der Waals surface area contributed by atoms with Gasteiger partial charge in [0.25, 0.3) is 0 Å². The summed E-state index contributed by atoms with van der Waals surface area (Å²) in [6, 6.07) is 12.8. The number of amides is 1. The Hall–Kier alpha value is -2.11. The molecule has 0 spiro atoms. The zero-order chi connectivity index (χ0) is 19.3. The Morgan fingerprint density at radius 1 is 1.19 bits per heavy atom. The molecule has 26 heavy (non-hydrogen) atoms. The molecule has 2 aromatic carbocycles. The fraction of sp³-hybridized carbons (Fsp3) is 0.176. The smallest absolute Gasteiger partial charge is 0.244 e. The standard InChI is InChI=1S/C17H15Cl2N3O3S/c1-22(26(24,25)16-10-13(18)4-7-15(16)19)11-17(23)21-14-5-2-12(3-6-14)8-9-20/h2-7,10H,8,11H2,1H3,(H,21,23). The van der Waals surface area contributed by atoms with Crippen LogP contribution in [0.15, 0.2) is 47.4 Å². The number of sulfonamides is 1. The highest BCUT2D eigenvalue weighted by Crippen LogP contribution is 2.27. The Bertz CT molecular complexity index is 954. The maximum Gasteiger partial charge on any atom is 0.244 e. The first-order valence-corrected chi connectivity index (χ1v) is 9.61. The van der Waals surface area contributed by atoms with E-state index in [9.17, 15) is 13.2 Å². The summed E-state index contributed by atoms with van der Waals surface area (Å²) in [4.78, 5) is 12.0. The highest BCUT2D eigenvalue weighted by atomic mass is 35.5. The van der Waals surface area contributed by atoms with Crippen LogP contribution in [0.2, 0.25) is 10.0 Å². The average molecular weight is 412 g/mol. The lowest BCUT2D eigenvalue weighted by molar-refractivity contribution is -0.116. The highest BCUT2D eigenvalue weighted by Gasteiger charge is 2.25. The summed E-state index contributed by atoms with van der Waals surface area (Å²) in [6.45, 7) is -0.398. The number of carbonyl (C=O) groups is 1. The molecular formula is C17H15Cl2N3O3S. The molecule has 0 aliphatic heterocycles. The van der Waals surface area contributed by atoms with Crippen LogP contribution < -0.4 is 5.32 Å². The van der Waals surface area contributed by atoms with Crippen LogP contribution in [0.5, 0.6) is 0 Å². The quantitative estimate of drug-likeness (QED) is 0.788. The van der Waals surface area contributed by atoms with E-state index in [2.05, 4.69) is 5.32 Å². The van der Waals surface area contributed by atoms with Gasteiger partial charge in [-0.2, -0.15) is 9.57 Å². The molecule has 0 radical (unpaired) electrons. The molecule has 0 saturated heterocycles. The fourth-order valence-corrected chi connectivity index (χ4v) is 3.99. The number of carbonyl (C=O) groups excluding carboxylic acids is 1. The van der Waals surface area contributed by atoms with E-state index in [1.807, 2.05) is 6.07 Å². The Morgan fingerprint density at radius 3 is 2.46 bits per heavy atom. The van der Waals surface area contributed by atoms with Crippen molar-refractivity contribution in [1.82, 2.24) is 4.31 Å². The molecule has 1 N–H and O–H groups in total. The van der Waals surface area contributed by atoms with Crippen LogP contribution in [0.4, 0.5) is 5.69 Å². The van der Waals surface area contributed by atoms with Crippen molar-refractivity contribution in [2.75, 3.05) is 18.9 Å². The Labute approximate surface area is 162 Å². The number of halogens is 2. The zero-order valence-corrected chi connectivity index (χ0v) is 16.1. The third-order valence-electron chi connectivity index (χ3n) is 3.47. The van der Waals surface area contributed by atoms with Gasteiger partial charge >= 0.3 is 0 Å². The summed E-state index contributed by atoms with van der Waals surface area (Å²) in [5.74, 6) is -0.512. The molecule has 0 bridgehead atoms. The van der Waals surface area contributed by atoms with Crippen molar-refractivity contribution in [2.45, 2.75) is 11.3 Å². The van der Waals surface area contributed by atoms with Crippen molar-refractivity contribution >= 4 is 44.8 Å². The highest BCUT2D eigenvalue weighted by molar-refractivity contribution is 7.89. The minimum absolute atomic E-state index is 0.0229. The molecule has 0 atom stereocenters. The lowest BCUT2D eigenvalue weighted by Gasteiger charge is -2.18. The molecule has 0 unspecified atom stereocenters. The maximum atomic E-state index is 12.6. The molecule has 2 rings (SSSR count). The molecule has 136 valence electrons. The van der Waals surface area contributed by atoms with Crippen LogP contribution in [0, 0.1) is 11.3 Å². The number of rotatable bonds is 6. The second-order valence-corrected chi connectivity index (χ2v) is 8.27. The van der Waals surface area contributed by atoms with Gasteiger partial charge in [0.05, 0.1) is 24.1 Å². The van der Waals surface area contributed by atoms with Crippen LogP contribution in [-0.4, -0.2) is 32.2 Å². The number of hydrogen-bond donors (Lipinski definition) is 1. The lowest BCUT2D eigenvalue weighted by Crippen LogP contribution is -2.35.